The standard InChI is InChI=1S/C22H30Cl2N2O5/c1-22(2,3)31-21(28)26-8-7-14(18-17(29-4)6-5-15(23)19(18)24)13-16(26)20(27)25-9-11-30-12-10-25/h5-6,14,16H,7-13H2,1-4H3/t14-,16+/m0/s1. The predicted molar refractivity (Wildman–Crippen MR) is 119 cm³/mol. The summed E-state index contributed by atoms with van der Waals surface area (Å²) in [5.41, 5.74) is 0.125. The smallest absolute Gasteiger partial charge is 0.410 e. The Morgan fingerprint density at radius 1 is 1.13 bits per heavy atom. The number of amides is 2. The molecule has 3 rings (SSSR count). The number of methoxy groups -OCH3 is 1. The van der Waals surface area contributed by atoms with Crippen LogP contribution in [0, 0.1) is 0 Å². The summed E-state index contributed by atoms with van der Waals surface area (Å²) in [5, 5.41) is 0.859. The molecule has 172 valence electrons. The van der Waals surface area contributed by atoms with Crippen LogP contribution in [-0.4, -0.2) is 73.4 Å². The van der Waals surface area contributed by atoms with E-state index in [0.29, 0.717) is 61.5 Å². The number of piperidine rings is 1. The van der Waals surface area contributed by atoms with Crippen LogP contribution in [0.5, 0.6) is 5.75 Å². The van der Waals surface area contributed by atoms with E-state index < -0.39 is 17.7 Å². The summed E-state index contributed by atoms with van der Waals surface area (Å²) >= 11 is 12.8. The van der Waals surface area contributed by atoms with Crippen molar-refractivity contribution >= 4 is 35.2 Å². The molecule has 0 aliphatic carbocycles. The molecule has 7 nitrogen and oxygen atoms in total. The van der Waals surface area contributed by atoms with Crippen LogP contribution < -0.4 is 4.74 Å². The van der Waals surface area contributed by atoms with Gasteiger partial charge in [0.1, 0.15) is 17.4 Å². The highest BCUT2D eigenvalue weighted by molar-refractivity contribution is 6.42. The normalized spacial score (nSPS) is 22.3. The van der Waals surface area contributed by atoms with E-state index in [2.05, 4.69) is 0 Å². The number of ether oxygens (including phenoxy) is 3. The molecule has 0 bridgehead atoms. The first-order valence-corrected chi connectivity index (χ1v) is 11.3. The monoisotopic (exact) mass is 472 g/mol. The van der Waals surface area contributed by atoms with Gasteiger partial charge >= 0.3 is 6.09 Å². The first kappa shape index (κ1) is 24.0. The van der Waals surface area contributed by atoms with Gasteiger partial charge in [-0.05, 0) is 51.7 Å². The number of carbonyl (C=O) groups is 2. The molecule has 0 saturated carbocycles. The average Bonchev–Trinajstić information content (AvgIpc) is 2.74. The van der Waals surface area contributed by atoms with Crippen molar-refractivity contribution in [1.29, 1.82) is 0 Å². The maximum atomic E-state index is 13.4. The van der Waals surface area contributed by atoms with Crippen molar-refractivity contribution in [3.05, 3.63) is 27.7 Å². The minimum absolute atomic E-state index is 0.0881. The summed E-state index contributed by atoms with van der Waals surface area (Å²) in [7, 11) is 1.58. The van der Waals surface area contributed by atoms with Crippen LogP contribution in [0.1, 0.15) is 45.1 Å². The minimum atomic E-state index is -0.661. The molecule has 2 saturated heterocycles. The van der Waals surface area contributed by atoms with Crippen LogP contribution in [0.15, 0.2) is 12.1 Å². The van der Waals surface area contributed by atoms with Gasteiger partial charge in [-0.25, -0.2) is 4.79 Å². The predicted octanol–water partition coefficient (Wildman–Crippen LogP) is 4.34. The van der Waals surface area contributed by atoms with Gasteiger partial charge in [-0.1, -0.05) is 23.2 Å². The molecule has 2 aliphatic rings. The molecule has 1 aromatic carbocycles. The zero-order valence-corrected chi connectivity index (χ0v) is 20.0. The van der Waals surface area contributed by atoms with Crippen LogP contribution in [0.4, 0.5) is 4.79 Å². The van der Waals surface area contributed by atoms with E-state index in [1.165, 1.54) is 0 Å². The molecule has 0 radical (unpaired) electrons. The van der Waals surface area contributed by atoms with Gasteiger partial charge in [0.2, 0.25) is 5.91 Å². The first-order chi connectivity index (χ1) is 14.6. The molecule has 1 aromatic rings. The zero-order chi connectivity index (χ0) is 22.8. The van der Waals surface area contributed by atoms with Gasteiger partial charge < -0.3 is 19.1 Å². The van der Waals surface area contributed by atoms with Crippen LogP contribution in [0.2, 0.25) is 10.0 Å². The third-order valence-corrected chi connectivity index (χ3v) is 6.38. The Balaban J connectivity index is 1.91. The van der Waals surface area contributed by atoms with Crippen LogP contribution >= 0.6 is 23.2 Å². The fourth-order valence-corrected chi connectivity index (χ4v) is 4.58. The van der Waals surface area contributed by atoms with E-state index in [-0.39, 0.29) is 11.8 Å². The number of carbonyl (C=O) groups excluding carboxylic acids is 2. The maximum absolute atomic E-state index is 13.4. The topological polar surface area (TPSA) is 68.3 Å². The Morgan fingerprint density at radius 3 is 2.42 bits per heavy atom. The van der Waals surface area contributed by atoms with E-state index in [4.69, 9.17) is 37.4 Å². The number of likely N-dealkylation sites (tertiary alicyclic amines) is 1. The van der Waals surface area contributed by atoms with Gasteiger partial charge in [0.05, 0.1) is 30.4 Å². The minimum Gasteiger partial charge on any atom is -0.496 e. The molecular weight excluding hydrogens is 443 g/mol. The van der Waals surface area contributed by atoms with Crippen molar-refractivity contribution in [2.24, 2.45) is 0 Å². The fraction of sp³-hybridized carbons (Fsp3) is 0.636. The van der Waals surface area contributed by atoms with E-state index >= 15 is 0 Å². The van der Waals surface area contributed by atoms with Gasteiger partial charge in [-0.3, -0.25) is 9.69 Å². The second-order valence-corrected chi connectivity index (χ2v) is 9.61. The number of benzene rings is 1. The number of hydrogen-bond acceptors (Lipinski definition) is 5. The number of rotatable bonds is 3. The Bertz CT molecular complexity index is 821. The van der Waals surface area contributed by atoms with E-state index in [9.17, 15) is 9.59 Å². The average molecular weight is 473 g/mol. The molecule has 2 heterocycles. The molecule has 2 atom stereocenters. The number of hydrogen-bond donors (Lipinski definition) is 0. The molecular formula is C22H30Cl2N2O5. The molecule has 2 amide bonds. The SMILES string of the molecule is COc1ccc(Cl)c(Cl)c1[C@H]1CCN(C(=O)OC(C)(C)C)[C@@H](C(=O)N2CCOCC2)C1. The van der Waals surface area contributed by atoms with E-state index in [1.807, 2.05) is 20.8 Å². The van der Waals surface area contributed by atoms with Crippen molar-refractivity contribution in [3.63, 3.8) is 0 Å². The molecule has 0 N–H and O–H groups in total. The number of nitrogens with zero attached hydrogens (tertiary/aromatic N) is 2. The zero-order valence-electron chi connectivity index (χ0n) is 18.5. The molecule has 0 aromatic heterocycles. The highest BCUT2D eigenvalue weighted by Gasteiger charge is 2.42. The van der Waals surface area contributed by atoms with E-state index in [1.54, 1.807) is 29.0 Å². The van der Waals surface area contributed by atoms with Crippen molar-refractivity contribution in [3.8, 4) is 5.75 Å². The second kappa shape index (κ2) is 9.84. The summed E-state index contributed by atoms with van der Waals surface area (Å²) in [6, 6.07) is 2.81. The number of morpholine rings is 1. The van der Waals surface area contributed by atoms with Crippen LogP contribution in [-0.2, 0) is 14.3 Å². The molecule has 31 heavy (non-hydrogen) atoms. The first-order valence-electron chi connectivity index (χ1n) is 10.5. The van der Waals surface area contributed by atoms with Gasteiger partial charge in [-0.2, -0.15) is 0 Å². The largest absolute Gasteiger partial charge is 0.496 e. The lowest BCUT2D eigenvalue weighted by molar-refractivity contribution is -0.142. The van der Waals surface area contributed by atoms with Crippen molar-refractivity contribution < 1.29 is 23.8 Å². The number of halogens is 2. The van der Waals surface area contributed by atoms with Crippen molar-refractivity contribution in [2.45, 2.75) is 51.2 Å². The molecule has 2 fully saturated rings. The lowest BCUT2D eigenvalue weighted by Crippen LogP contribution is -2.56. The summed E-state index contributed by atoms with van der Waals surface area (Å²) in [6.45, 7) is 7.79. The van der Waals surface area contributed by atoms with Crippen molar-refractivity contribution in [1.82, 2.24) is 9.80 Å². The van der Waals surface area contributed by atoms with Crippen LogP contribution in [0.3, 0.4) is 0 Å². The molecule has 0 spiro atoms. The highest BCUT2D eigenvalue weighted by atomic mass is 35.5. The lowest BCUT2D eigenvalue weighted by Gasteiger charge is -2.42. The Morgan fingerprint density at radius 2 is 1.81 bits per heavy atom. The lowest BCUT2D eigenvalue weighted by atomic mass is 9.84. The highest BCUT2D eigenvalue weighted by Crippen LogP contribution is 2.43. The molecule has 9 heteroatoms. The van der Waals surface area contributed by atoms with Crippen molar-refractivity contribution in [2.75, 3.05) is 40.0 Å². The summed E-state index contributed by atoms with van der Waals surface area (Å²) in [4.78, 5) is 29.7. The summed E-state index contributed by atoms with van der Waals surface area (Å²) < 4.78 is 16.5. The third kappa shape index (κ3) is 5.57. The summed E-state index contributed by atoms with van der Waals surface area (Å²) in [6.07, 6.45) is 0.538. The maximum Gasteiger partial charge on any atom is 0.410 e. The molecule has 2 aliphatic heterocycles. The third-order valence-electron chi connectivity index (χ3n) is 5.56. The Labute approximate surface area is 193 Å². The summed E-state index contributed by atoms with van der Waals surface area (Å²) in [5.74, 6) is 0.438. The quantitative estimate of drug-likeness (QED) is 0.653. The van der Waals surface area contributed by atoms with Gasteiger partial charge in [0, 0.05) is 25.2 Å². The Hall–Kier alpha value is -1.70. The second-order valence-electron chi connectivity index (χ2n) is 8.83. The molecule has 0 unspecified atom stereocenters. The Kier molecular flexibility index (Phi) is 7.60. The van der Waals surface area contributed by atoms with E-state index in [0.717, 1.165) is 5.56 Å². The van der Waals surface area contributed by atoms with Gasteiger partial charge in [0.15, 0.2) is 0 Å². The van der Waals surface area contributed by atoms with Gasteiger partial charge in [0.25, 0.3) is 0 Å². The van der Waals surface area contributed by atoms with Gasteiger partial charge in [-0.15, -0.1) is 0 Å². The van der Waals surface area contributed by atoms with Crippen LogP contribution in [0.25, 0.3) is 0 Å². The fourth-order valence-electron chi connectivity index (χ4n) is 4.10.